The quantitative estimate of drug-likeness (QED) is 0.869. The first-order valence-electron chi connectivity index (χ1n) is 9.95. The van der Waals surface area contributed by atoms with Gasteiger partial charge in [-0.25, -0.2) is 0 Å². The van der Waals surface area contributed by atoms with E-state index in [4.69, 9.17) is 0 Å². The van der Waals surface area contributed by atoms with Crippen LogP contribution in [0.5, 0.6) is 0 Å². The van der Waals surface area contributed by atoms with Crippen LogP contribution in [-0.4, -0.2) is 29.3 Å². The molecule has 1 N–H and O–H groups in total. The Hall–Kier alpha value is -2.62. The lowest BCUT2D eigenvalue weighted by Crippen LogP contribution is -2.44. The van der Waals surface area contributed by atoms with Crippen LogP contribution in [0.1, 0.15) is 49.1 Å². The lowest BCUT2D eigenvalue weighted by atomic mass is 9.88. The summed E-state index contributed by atoms with van der Waals surface area (Å²) in [6.45, 7) is 0.716. The van der Waals surface area contributed by atoms with E-state index in [0.29, 0.717) is 12.6 Å². The molecule has 0 bridgehead atoms. The molecule has 0 saturated heterocycles. The first-order chi connectivity index (χ1) is 13.2. The van der Waals surface area contributed by atoms with E-state index in [1.807, 2.05) is 42.5 Å². The molecule has 1 heterocycles. The third-order valence-electron chi connectivity index (χ3n) is 5.83. The SMILES string of the molecule is O=C1CC(C(=O)N(CCc2ccccc2)C2CCCC2)c2ccccc2N1. The van der Waals surface area contributed by atoms with Gasteiger partial charge in [-0.1, -0.05) is 61.4 Å². The lowest BCUT2D eigenvalue weighted by molar-refractivity contribution is -0.137. The number of carbonyl (C=O) groups excluding carboxylic acids is 2. The van der Waals surface area contributed by atoms with E-state index >= 15 is 0 Å². The number of hydrogen-bond acceptors (Lipinski definition) is 2. The van der Waals surface area contributed by atoms with Crippen LogP contribution in [0.4, 0.5) is 5.69 Å². The normalized spacial score (nSPS) is 19.4. The molecule has 4 rings (SSSR count). The number of carbonyl (C=O) groups is 2. The van der Waals surface area contributed by atoms with Crippen molar-refractivity contribution in [3.05, 3.63) is 65.7 Å². The van der Waals surface area contributed by atoms with Crippen LogP contribution < -0.4 is 5.32 Å². The van der Waals surface area contributed by atoms with Gasteiger partial charge in [0.05, 0.1) is 5.92 Å². The number of para-hydroxylation sites is 1. The van der Waals surface area contributed by atoms with E-state index in [-0.39, 0.29) is 24.2 Å². The Kier molecular flexibility index (Phi) is 5.23. The summed E-state index contributed by atoms with van der Waals surface area (Å²) in [6.07, 6.45) is 5.60. The van der Waals surface area contributed by atoms with E-state index in [0.717, 1.165) is 30.5 Å². The van der Waals surface area contributed by atoms with E-state index in [9.17, 15) is 9.59 Å². The molecule has 27 heavy (non-hydrogen) atoms. The minimum absolute atomic E-state index is 0.0681. The van der Waals surface area contributed by atoms with Crippen LogP contribution in [0.25, 0.3) is 0 Å². The van der Waals surface area contributed by atoms with Crippen LogP contribution >= 0.6 is 0 Å². The molecule has 2 aromatic rings. The smallest absolute Gasteiger partial charge is 0.230 e. The van der Waals surface area contributed by atoms with Crippen LogP contribution in [0.15, 0.2) is 54.6 Å². The molecule has 0 spiro atoms. The first kappa shape index (κ1) is 17.8. The Bertz CT molecular complexity index is 812. The molecule has 1 aliphatic heterocycles. The number of hydrogen-bond donors (Lipinski definition) is 1. The summed E-state index contributed by atoms with van der Waals surface area (Å²) < 4.78 is 0. The average Bonchev–Trinajstić information content (AvgIpc) is 3.22. The Morgan fingerprint density at radius 3 is 2.48 bits per heavy atom. The Morgan fingerprint density at radius 2 is 1.70 bits per heavy atom. The van der Waals surface area contributed by atoms with Crippen LogP contribution in [0, 0.1) is 0 Å². The zero-order valence-corrected chi connectivity index (χ0v) is 15.6. The number of rotatable bonds is 5. The van der Waals surface area contributed by atoms with Gasteiger partial charge in [-0.05, 0) is 36.5 Å². The average molecular weight is 362 g/mol. The Labute approximate surface area is 160 Å². The van der Waals surface area contributed by atoms with Gasteiger partial charge >= 0.3 is 0 Å². The maximum Gasteiger partial charge on any atom is 0.230 e. The number of benzene rings is 2. The largest absolute Gasteiger partial charge is 0.339 e. The van der Waals surface area contributed by atoms with Gasteiger partial charge in [0.1, 0.15) is 0 Å². The monoisotopic (exact) mass is 362 g/mol. The molecule has 2 amide bonds. The van der Waals surface area contributed by atoms with Crippen LogP contribution in [0.3, 0.4) is 0 Å². The highest BCUT2D eigenvalue weighted by Crippen LogP contribution is 2.35. The van der Waals surface area contributed by atoms with Crippen molar-refractivity contribution in [2.75, 3.05) is 11.9 Å². The minimum Gasteiger partial charge on any atom is -0.339 e. The summed E-state index contributed by atoms with van der Waals surface area (Å²) in [6, 6.07) is 18.3. The fraction of sp³-hybridized carbons (Fsp3) is 0.391. The second-order valence-electron chi connectivity index (χ2n) is 7.60. The van der Waals surface area contributed by atoms with Gasteiger partial charge in [-0.2, -0.15) is 0 Å². The van der Waals surface area contributed by atoms with Gasteiger partial charge in [-0.3, -0.25) is 9.59 Å². The van der Waals surface area contributed by atoms with Crippen molar-refractivity contribution >= 4 is 17.5 Å². The van der Waals surface area contributed by atoms with Crippen LogP contribution in [0.2, 0.25) is 0 Å². The van der Waals surface area contributed by atoms with Crippen molar-refractivity contribution in [3.63, 3.8) is 0 Å². The summed E-state index contributed by atoms with van der Waals surface area (Å²) in [5, 5.41) is 2.90. The van der Waals surface area contributed by atoms with Gasteiger partial charge in [0.15, 0.2) is 0 Å². The zero-order chi connectivity index (χ0) is 18.6. The topological polar surface area (TPSA) is 49.4 Å². The number of nitrogens with one attached hydrogen (secondary N) is 1. The zero-order valence-electron chi connectivity index (χ0n) is 15.6. The standard InChI is InChI=1S/C23H26N2O2/c26-22-16-20(19-12-6-7-13-21(19)24-22)23(27)25(18-10-4-5-11-18)15-14-17-8-2-1-3-9-17/h1-3,6-9,12-13,18,20H,4-5,10-11,14-16H2,(H,24,26). The van der Waals surface area contributed by atoms with Crippen molar-refractivity contribution in [3.8, 4) is 0 Å². The molecule has 0 radical (unpaired) electrons. The lowest BCUT2D eigenvalue weighted by Gasteiger charge is -2.34. The fourth-order valence-electron chi connectivity index (χ4n) is 4.41. The maximum absolute atomic E-state index is 13.6. The molecule has 4 heteroatoms. The molecule has 1 aliphatic carbocycles. The predicted octanol–water partition coefficient (Wildman–Crippen LogP) is 4.13. The second-order valence-corrected chi connectivity index (χ2v) is 7.60. The highest BCUT2D eigenvalue weighted by Gasteiger charge is 2.36. The number of fused-ring (bicyclic) bond motifs is 1. The van der Waals surface area contributed by atoms with Crippen LogP contribution in [-0.2, 0) is 16.0 Å². The molecule has 1 fully saturated rings. The molecule has 2 aliphatic rings. The number of amides is 2. The summed E-state index contributed by atoms with van der Waals surface area (Å²) in [5.74, 6) is -0.326. The molecule has 1 atom stereocenters. The third-order valence-corrected chi connectivity index (χ3v) is 5.83. The van der Waals surface area contributed by atoms with Crippen molar-refractivity contribution in [2.45, 2.75) is 50.5 Å². The van der Waals surface area contributed by atoms with E-state index in [1.165, 1.54) is 18.4 Å². The summed E-state index contributed by atoms with van der Waals surface area (Å²) in [4.78, 5) is 27.8. The second kappa shape index (κ2) is 7.95. The Morgan fingerprint density at radius 1 is 1.00 bits per heavy atom. The van der Waals surface area contributed by atoms with E-state index in [2.05, 4.69) is 22.3 Å². The number of nitrogens with zero attached hydrogens (tertiary/aromatic N) is 1. The van der Waals surface area contributed by atoms with Crippen molar-refractivity contribution < 1.29 is 9.59 Å². The molecular weight excluding hydrogens is 336 g/mol. The number of anilines is 1. The Balaban J connectivity index is 1.57. The predicted molar refractivity (Wildman–Crippen MR) is 107 cm³/mol. The fourth-order valence-corrected chi connectivity index (χ4v) is 4.41. The third kappa shape index (κ3) is 3.90. The molecule has 0 aromatic heterocycles. The van der Waals surface area contributed by atoms with Crippen molar-refractivity contribution in [1.29, 1.82) is 0 Å². The molecule has 1 unspecified atom stereocenters. The highest BCUT2D eigenvalue weighted by atomic mass is 16.2. The van der Waals surface area contributed by atoms with Gasteiger partial charge in [0, 0.05) is 24.7 Å². The van der Waals surface area contributed by atoms with Gasteiger partial charge in [-0.15, -0.1) is 0 Å². The molecule has 1 saturated carbocycles. The summed E-state index contributed by atoms with van der Waals surface area (Å²) >= 11 is 0. The molecule has 4 nitrogen and oxygen atoms in total. The molecular formula is C23H26N2O2. The summed E-state index contributed by atoms with van der Waals surface area (Å²) in [7, 11) is 0. The van der Waals surface area contributed by atoms with E-state index < -0.39 is 0 Å². The highest BCUT2D eigenvalue weighted by molar-refractivity contribution is 6.01. The van der Waals surface area contributed by atoms with E-state index in [1.54, 1.807) is 0 Å². The maximum atomic E-state index is 13.6. The van der Waals surface area contributed by atoms with Gasteiger partial charge < -0.3 is 10.2 Å². The van der Waals surface area contributed by atoms with Gasteiger partial charge in [0.2, 0.25) is 11.8 Å². The summed E-state index contributed by atoms with van der Waals surface area (Å²) in [5.41, 5.74) is 2.97. The van der Waals surface area contributed by atoms with Gasteiger partial charge in [0.25, 0.3) is 0 Å². The minimum atomic E-state index is -0.369. The molecule has 2 aromatic carbocycles. The first-order valence-corrected chi connectivity index (χ1v) is 9.95. The van der Waals surface area contributed by atoms with Crippen molar-refractivity contribution in [1.82, 2.24) is 4.90 Å². The van der Waals surface area contributed by atoms with Crippen molar-refractivity contribution in [2.24, 2.45) is 0 Å². The molecule has 140 valence electrons.